The van der Waals surface area contributed by atoms with E-state index in [1.54, 1.807) is 19.2 Å². The molecule has 7 heteroatoms. The van der Waals surface area contributed by atoms with Gasteiger partial charge in [0, 0.05) is 35.9 Å². The van der Waals surface area contributed by atoms with E-state index in [1.165, 1.54) is 28.3 Å². The molecule has 0 heterocycles. The molecule has 0 saturated carbocycles. The minimum atomic E-state index is -0.491. The van der Waals surface area contributed by atoms with Crippen LogP contribution in [0.1, 0.15) is 66.0 Å². The van der Waals surface area contributed by atoms with Gasteiger partial charge in [-0.1, -0.05) is 18.2 Å². The molecule has 5 rings (SSSR count). The first-order valence-corrected chi connectivity index (χ1v) is 13.5. The molecule has 0 aliphatic heterocycles. The van der Waals surface area contributed by atoms with E-state index in [9.17, 15) is 15.2 Å². The second-order valence-electron chi connectivity index (χ2n) is 10.2. The van der Waals surface area contributed by atoms with Crippen molar-refractivity contribution in [1.82, 2.24) is 0 Å². The number of rotatable bonds is 9. The fourth-order valence-corrected chi connectivity index (χ4v) is 5.80. The van der Waals surface area contributed by atoms with E-state index in [0.717, 1.165) is 79.4 Å². The summed E-state index contributed by atoms with van der Waals surface area (Å²) in [6.45, 7) is 1.93. The molecule has 200 valence electrons. The third-order valence-electron chi connectivity index (χ3n) is 7.73. The standard InChI is InChI=1S/C31H35NO6/c1-20(36-2)38-31-24(18-33)17-23-10-4-6-13-27(23)30(31)29-26-12-5-3-9-22(26)14-15-28(29)37-19-21-8-7-11-25(16-21)32(34)35/h7-8,11,14-17,20,33H,3-6,9-10,12-13,18-19H2,1-2H3/t20-/m0/s1. The van der Waals surface area contributed by atoms with Crippen LogP contribution in [0.15, 0.2) is 42.5 Å². The summed E-state index contributed by atoms with van der Waals surface area (Å²) in [5.74, 6) is 1.39. The maximum atomic E-state index is 11.3. The highest BCUT2D eigenvalue weighted by molar-refractivity contribution is 5.85. The average Bonchev–Trinajstić information content (AvgIpc) is 2.95. The zero-order valence-electron chi connectivity index (χ0n) is 22.1. The van der Waals surface area contributed by atoms with Crippen molar-refractivity contribution in [2.75, 3.05) is 7.11 Å². The Hall–Kier alpha value is -3.42. The van der Waals surface area contributed by atoms with Crippen LogP contribution in [0.5, 0.6) is 11.5 Å². The number of hydrogen-bond donors (Lipinski definition) is 1. The lowest BCUT2D eigenvalue weighted by Crippen LogP contribution is -2.18. The molecule has 38 heavy (non-hydrogen) atoms. The average molecular weight is 518 g/mol. The van der Waals surface area contributed by atoms with Gasteiger partial charge in [-0.2, -0.15) is 0 Å². The molecule has 7 nitrogen and oxygen atoms in total. The molecule has 0 bridgehead atoms. The Morgan fingerprint density at radius 1 is 0.947 bits per heavy atom. The number of ether oxygens (including phenoxy) is 3. The van der Waals surface area contributed by atoms with Gasteiger partial charge in [-0.3, -0.25) is 10.1 Å². The summed E-state index contributed by atoms with van der Waals surface area (Å²) < 4.78 is 18.3. The molecule has 0 aromatic heterocycles. The first kappa shape index (κ1) is 26.2. The predicted molar refractivity (Wildman–Crippen MR) is 146 cm³/mol. The number of aliphatic hydroxyl groups is 1. The van der Waals surface area contributed by atoms with E-state index in [0.29, 0.717) is 5.75 Å². The fourth-order valence-electron chi connectivity index (χ4n) is 5.80. The molecule has 0 saturated heterocycles. The molecule has 2 aliphatic rings. The van der Waals surface area contributed by atoms with E-state index in [-0.39, 0.29) is 23.8 Å². The number of fused-ring (bicyclic) bond motifs is 2. The number of hydrogen-bond acceptors (Lipinski definition) is 6. The van der Waals surface area contributed by atoms with Crippen molar-refractivity contribution >= 4 is 5.69 Å². The topological polar surface area (TPSA) is 91.1 Å². The van der Waals surface area contributed by atoms with Crippen molar-refractivity contribution in [3.05, 3.63) is 86.0 Å². The van der Waals surface area contributed by atoms with E-state index in [2.05, 4.69) is 12.1 Å². The Labute approximate surface area is 223 Å². The lowest BCUT2D eigenvalue weighted by atomic mass is 9.79. The third kappa shape index (κ3) is 5.26. The Morgan fingerprint density at radius 3 is 2.37 bits per heavy atom. The highest BCUT2D eigenvalue weighted by Crippen LogP contribution is 2.48. The number of nitrogens with zero attached hydrogens (tertiary/aromatic N) is 1. The molecular weight excluding hydrogens is 482 g/mol. The zero-order valence-corrected chi connectivity index (χ0v) is 22.1. The van der Waals surface area contributed by atoms with Gasteiger partial charge >= 0.3 is 0 Å². The van der Waals surface area contributed by atoms with Gasteiger partial charge in [-0.25, -0.2) is 0 Å². The highest BCUT2D eigenvalue weighted by Gasteiger charge is 2.29. The number of aliphatic hydroxyl groups excluding tert-OH is 1. The van der Waals surface area contributed by atoms with E-state index in [4.69, 9.17) is 14.2 Å². The van der Waals surface area contributed by atoms with E-state index in [1.807, 2.05) is 19.1 Å². The van der Waals surface area contributed by atoms with Crippen LogP contribution in [0.4, 0.5) is 5.69 Å². The van der Waals surface area contributed by atoms with Crippen LogP contribution in [0.3, 0.4) is 0 Å². The van der Waals surface area contributed by atoms with Gasteiger partial charge in [0.15, 0.2) is 6.29 Å². The van der Waals surface area contributed by atoms with Crippen molar-refractivity contribution in [1.29, 1.82) is 0 Å². The molecule has 3 aromatic rings. The maximum absolute atomic E-state index is 11.3. The quantitative estimate of drug-likeness (QED) is 0.199. The van der Waals surface area contributed by atoms with Gasteiger partial charge in [0.1, 0.15) is 18.1 Å². The minimum absolute atomic E-state index is 0.0470. The van der Waals surface area contributed by atoms with Crippen molar-refractivity contribution in [2.45, 2.75) is 77.8 Å². The normalized spacial score (nSPS) is 15.3. The Morgan fingerprint density at radius 2 is 1.66 bits per heavy atom. The number of nitro benzene ring substituents is 1. The summed E-state index contributed by atoms with van der Waals surface area (Å²) >= 11 is 0. The summed E-state index contributed by atoms with van der Waals surface area (Å²) in [5.41, 5.74) is 8.66. The molecule has 1 N–H and O–H groups in total. The van der Waals surface area contributed by atoms with Crippen LogP contribution < -0.4 is 9.47 Å². The monoisotopic (exact) mass is 517 g/mol. The molecule has 0 amide bonds. The zero-order chi connectivity index (χ0) is 26.6. The first-order valence-electron chi connectivity index (χ1n) is 13.5. The summed E-state index contributed by atoms with van der Waals surface area (Å²) in [4.78, 5) is 10.9. The summed E-state index contributed by atoms with van der Waals surface area (Å²) in [6, 6.07) is 12.8. The van der Waals surface area contributed by atoms with Gasteiger partial charge < -0.3 is 19.3 Å². The van der Waals surface area contributed by atoms with Gasteiger partial charge in [0.05, 0.1) is 11.5 Å². The van der Waals surface area contributed by atoms with Crippen LogP contribution in [0, 0.1) is 10.1 Å². The number of nitro groups is 1. The highest BCUT2D eigenvalue weighted by atomic mass is 16.7. The van der Waals surface area contributed by atoms with Crippen LogP contribution in [0.2, 0.25) is 0 Å². The van der Waals surface area contributed by atoms with Crippen LogP contribution in [-0.4, -0.2) is 23.4 Å². The molecule has 1 atom stereocenters. The minimum Gasteiger partial charge on any atom is -0.488 e. The molecule has 0 spiro atoms. The smallest absolute Gasteiger partial charge is 0.269 e. The van der Waals surface area contributed by atoms with Crippen molar-refractivity contribution in [3.8, 4) is 22.6 Å². The van der Waals surface area contributed by atoms with Crippen molar-refractivity contribution in [2.24, 2.45) is 0 Å². The SMILES string of the molecule is CO[C@H](C)Oc1c(CO)cc2c(c1-c1c(OCc3cccc([N+](=O)[O-])c3)ccc3c1CCCC3)CCCC2. The number of aryl methyl sites for hydroxylation is 2. The lowest BCUT2D eigenvalue weighted by Gasteiger charge is -2.30. The number of methoxy groups -OCH3 is 1. The summed E-state index contributed by atoms with van der Waals surface area (Å²) in [7, 11) is 1.61. The third-order valence-corrected chi connectivity index (χ3v) is 7.73. The summed E-state index contributed by atoms with van der Waals surface area (Å²) in [6.07, 6.45) is 7.83. The Balaban J connectivity index is 1.69. The van der Waals surface area contributed by atoms with Crippen LogP contribution >= 0.6 is 0 Å². The lowest BCUT2D eigenvalue weighted by molar-refractivity contribution is -0.384. The molecule has 0 unspecified atom stereocenters. The molecular formula is C31H35NO6. The second-order valence-corrected chi connectivity index (χ2v) is 10.2. The van der Waals surface area contributed by atoms with Crippen LogP contribution in [0.25, 0.3) is 11.1 Å². The van der Waals surface area contributed by atoms with Crippen LogP contribution in [-0.2, 0) is 43.6 Å². The molecule has 2 aliphatic carbocycles. The first-order chi connectivity index (χ1) is 18.5. The maximum Gasteiger partial charge on any atom is 0.269 e. The number of non-ortho nitro benzene ring substituents is 1. The fraction of sp³-hybridized carbons (Fsp3) is 0.419. The second kappa shape index (κ2) is 11.5. The summed E-state index contributed by atoms with van der Waals surface area (Å²) in [5, 5.41) is 21.7. The van der Waals surface area contributed by atoms with Gasteiger partial charge in [-0.15, -0.1) is 0 Å². The largest absolute Gasteiger partial charge is 0.488 e. The van der Waals surface area contributed by atoms with Gasteiger partial charge in [0.25, 0.3) is 5.69 Å². The molecule has 0 fully saturated rings. The van der Waals surface area contributed by atoms with Gasteiger partial charge in [-0.05, 0) is 98.2 Å². The van der Waals surface area contributed by atoms with Crippen molar-refractivity contribution in [3.63, 3.8) is 0 Å². The number of benzene rings is 3. The van der Waals surface area contributed by atoms with E-state index < -0.39 is 6.29 Å². The van der Waals surface area contributed by atoms with Crippen molar-refractivity contribution < 1.29 is 24.2 Å². The Bertz CT molecular complexity index is 1330. The van der Waals surface area contributed by atoms with Gasteiger partial charge in [0.2, 0.25) is 0 Å². The predicted octanol–water partition coefficient (Wildman–Crippen LogP) is 6.46. The Kier molecular flexibility index (Phi) is 7.95. The molecule has 3 aromatic carbocycles. The van der Waals surface area contributed by atoms with E-state index >= 15 is 0 Å². The molecule has 0 radical (unpaired) electrons.